The Kier molecular flexibility index (Phi) is 11.1. The van der Waals surface area contributed by atoms with Crippen LogP contribution < -0.4 is 0 Å². The average molecular weight is 829 g/mol. The topological polar surface area (TPSA) is 75.1 Å². The molecule has 12 heteroatoms. The first kappa shape index (κ1) is 40.7. The van der Waals surface area contributed by atoms with Gasteiger partial charge in [-0.3, -0.25) is 0 Å². The predicted octanol–water partition coefficient (Wildman–Crippen LogP) is 12.5. The molecule has 0 spiro atoms. The Hall–Kier alpha value is -4.68. The lowest BCUT2D eigenvalue weighted by molar-refractivity contribution is -0.139. The molecule has 60 heavy (non-hydrogen) atoms. The summed E-state index contributed by atoms with van der Waals surface area (Å²) < 4.78 is 84.4. The van der Waals surface area contributed by atoms with Crippen LogP contribution in [-0.2, 0) is 12.4 Å². The minimum absolute atomic E-state index is 0.0536. The number of pyridine rings is 2. The van der Waals surface area contributed by atoms with Crippen LogP contribution in [0.5, 0.6) is 0 Å². The lowest BCUT2D eigenvalue weighted by Gasteiger charge is -2.33. The summed E-state index contributed by atoms with van der Waals surface area (Å²) in [7, 11) is 0. The fraction of sp³-hybridized carbons (Fsp3) is 0.458. The summed E-state index contributed by atoms with van der Waals surface area (Å²) in [6.45, 7) is 0. The predicted molar refractivity (Wildman–Crippen MR) is 217 cm³/mol. The molecule has 2 aromatic carbocycles. The maximum Gasteiger partial charge on any atom is 0.416 e. The first-order valence-electron chi connectivity index (χ1n) is 21.4. The lowest BCUT2D eigenvalue weighted by atomic mass is 9.74. The molecule has 0 unspecified atom stereocenters. The number of fused-ring (bicyclic) bond motifs is 2. The van der Waals surface area contributed by atoms with Gasteiger partial charge in [0.15, 0.2) is 0 Å². The molecule has 2 N–H and O–H groups in total. The van der Waals surface area contributed by atoms with E-state index in [1.165, 1.54) is 35.4 Å². The fourth-order valence-electron chi connectivity index (χ4n) is 10.4. The van der Waals surface area contributed by atoms with Gasteiger partial charge in [-0.25, -0.2) is 9.97 Å². The third-order valence-electron chi connectivity index (χ3n) is 13.8. The largest absolute Gasteiger partial charge is 0.416 e. The number of halogens is 6. The zero-order valence-electron chi connectivity index (χ0n) is 33.3. The standard InChI is InChI=1S/2C24H25F3N2O/c2*25-24(26,27)20-4-2-1-3-18(20)15-7-9-17(10-8-15)23(30)22-19(16-5-6-16)11-12-29-14-28-13-21(22)29/h2*1-4,11-17,23,30H,5-10H2/t2*15?,17?,23-/m10/s1. The number of aromatic nitrogens is 4. The highest BCUT2D eigenvalue weighted by atomic mass is 19.4. The van der Waals surface area contributed by atoms with Gasteiger partial charge >= 0.3 is 12.4 Å². The zero-order valence-corrected chi connectivity index (χ0v) is 33.3. The minimum atomic E-state index is -4.33. The molecule has 0 saturated heterocycles. The van der Waals surface area contributed by atoms with Crippen LogP contribution >= 0.6 is 0 Å². The molecule has 6 nitrogen and oxygen atoms in total. The molecule has 10 rings (SSSR count). The van der Waals surface area contributed by atoms with Gasteiger partial charge in [0.2, 0.25) is 0 Å². The highest BCUT2D eigenvalue weighted by Gasteiger charge is 2.40. The Morgan fingerprint density at radius 2 is 0.800 bits per heavy atom. The van der Waals surface area contributed by atoms with E-state index >= 15 is 0 Å². The molecular formula is C48H50F6N4O2. The van der Waals surface area contributed by atoms with Gasteiger partial charge in [-0.15, -0.1) is 0 Å². The van der Waals surface area contributed by atoms with Crippen LogP contribution in [0.2, 0.25) is 0 Å². The molecule has 4 saturated carbocycles. The van der Waals surface area contributed by atoms with E-state index in [-0.39, 0.29) is 23.7 Å². The van der Waals surface area contributed by atoms with Crippen molar-refractivity contribution in [3.05, 3.63) is 143 Å². The number of hydrogen-bond acceptors (Lipinski definition) is 4. The van der Waals surface area contributed by atoms with Crippen molar-refractivity contribution in [2.75, 3.05) is 0 Å². The maximum absolute atomic E-state index is 13.4. The van der Waals surface area contributed by atoms with E-state index < -0.39 is 35.7 Å². The van der Waals surface area contributed by atoms with Crippen LogP contribution in [0.25, 0.3) is 11.0 Å². The Morgan fingerprint density at radius 1 is 0.467 bits per heavy atom. The summed E-state index contributed by atoms with van der Waals surface area (Å²) in [5, 5.41) is 22.7. The second-order valence-corrected chi connectivity index (χ2v) is 17.6. The quantitative estimate of drug-likeness (QED) is 0.150. The Morgan fingerprint density at radius 3 is 1.15 bits per heavy atom. The maximum atomic E-state index is 13.4. The average Bonchev–Trinajstić information content (AvgIpc) is 4.19. The van der Waals surface area contributed by atoms with E-state index in [2.05, 4.69) is 22.1 Å². The molecular weight excluding hydrogens is 779 g/mol. The van der Waals surface area contributed by atoms with Gasteiger partial charge < -0.3 is 19.0 Å². The number of imidazole rings is 2. The SMILES string of the molecule is O[C@@H](c1c(C2CC2)ccn2cncc12)C1CCC(c2ccccc2C(F)(F)F)CC1.O[C@H](c1c(C2CC2)ccn2cncc12)C1CCC(c2ccccc2C(F)(F)F)CC1. The van der Waals surface area contributed by atoms with E-state index in [0.29, 0.717) is 48.6 Å². The van der Waals surface area contributed by atoms with E-state index in [1.807, 2.05) is 21.2 Å². The highest BCUT2D eigenvalue weighted by Crippen LogP contribution is 2.51. The van der Waals surface area contributed by atoms with Gasteiger partial charge in [0.25, 0.3) is 0 Å². The number of hydrogen-bond donors (Lipinski definition) is 2. The molecule has 316 valence electrons. The molecule has 6 aromatic rings. The van der Waals surface area contributed by atoms with Crippen LogP contribution in [0.3, 0.4) is 0 Å². The van der Waals surface area contributed by atoms with Gasteiger partial charge in [-0.2, -0.15) is 26.3 Å². The summed E-state index contributed by atoms with van der Waals surface area (Å²) in [6, 6.07) is 16.1. The molecule has 0 radical (unpaired) electrons. The Bertz CT molecular complexity index is 2260. The zero-order chi connectivity index (χ0) is 41.8. The van der Waals surface area contributed by atoms with Crippen molar-refractivity contribution in [1.29, 1.82) is 0 Å². The summed E-state index contributed by atoms with van der Waals surface area (Å²) in [6.07, 6.45) is 11.3. The van der Waals surface area contributed by atoms with Crippen molar-refractivity contribution in [3.63, 3.8) is 0 Å². The first-order chi connectivity index (χ1) is 28.9. The van der Waals surface area contributed by atoms with Crippen molar-refractivity contribution in [1.82, 2.24) is 18.8 Å². The van der Waals surface area contributed by atoms with Crippen molar-refractivity contribution in [2.45, 2.75) is 125 Å². The molecule has 4 heterocycles. The second kappa shape index (κ2) is 16.3. The highest BCUT2D eigenvalue weighted by molar-refractivity contribution is 5.60. The number of alkyl halides is 6. The third kappa shape index (κ3) is 8.21. The number of nitrogens with zero attached hydrogens (tertiary/aromatic N) is 4. The van der Waals surface area contributed by atoms with Crippen LogP contribution in [0.4, 0.5) is 26.3 Å². The third-order valence-corrected chi connectivity index (χ3v) is 13.8. The van der Waals surface area contributed by atoms with Gasteiger partial charge in [-0.05, 0) is 159 Å². The van der Waals surface area contributed by atoms with E-state index in [4.69, 9.17) is 0 Å². The Labute approximate surface area is 345 Å². The Balaban J connectivity index is 0.000000154. The van der Waals surface area contributed by atoms with Crippen molar-refractivity contribution in [3.8, 4) is 0 Å². The second-order valence-electron chi connectivity index (χ2n) is 17.6. The molecule has 4 aliphatic rings. The van der Waals surface area contributed by atoms with Crippen molar-refractivity contribution < 1.29 is 36.6 Å². The van der Waals surface area contributed by atoms with Crippen LogP contribution in [0.1, 0.15) is 157 Å². The molecule has 2 atom stereocenters. The summed E-state index contributed by atoms with van der Waals surface area (Å²) in [5.41, 5.74) is 5.99. The molecule has 4 fully saturated rings. The van der Waals surface area contributed by atoms with E-state index in [1.54, 1.807) is 49.3 Å². The number of aliphatic hydroxyl groups excluding tert-OH is 2. The number of rotatable bonds is 8. The van der Waals surface area contributed by atoms with E-state index in [0.717, 1.165) is 73.5 Å². The summed E-state index contributed by atoms with van der Waals surface area (Å²) in [4.78, 5) is 8.48. The smallest absolute Gasteiger partial charge is 0.388 e. The van der Waals surface area contributed by atoms with Crippen LogP contribution in [0, 0.1) is 11.8 Å². The monoisotopic (exact) mass is 828 g/mol. The normalized spacial score (nSPS) is 23.6. The summed E-state index contributed by atoms with van der Waals surface area (Å²) in [5.74, 6) is 0.893. The number of benzene rings is 2. The first-order valence-corrected chi connectivity index (χ1v) is 21.4. The van der Waals surface area contributed by atoms with Crippen molar-refractivity contribution in [2.24, 2.45) is 11.8 Å². The summed E-state index contributed by atoms with van der Waals surface area (Å²) >= 11 is 0. The molecule has 0 amide bonds. The van der Waals surface area contributed by atoms with Crippen LogP contribution in [-0.4, -0.2) is 29.0 Å². The molecule has 4 aliphatic carbocycles. The lowest BCUT2D eigenvalue weighted by Crippen LogP contribution is -2.22. The molecule has 0 bridgehead atoms. The van der Waals surface area contributed by atoms with Gasteiger partial charge in [0.05, 0.1) is 59.4 Å². The van der Waals surface area contributed by atoms with Gasteiger partial charge in [-0.1, -0.05) is 36.4 Å². The van der Waals surface area contributed by atoms with Crippen LogP contribution in [0.15, 0.2) is 98.1 Å². The molecule has 0 aliphatic heterocycles. The van der Waals surface area contributed by atoms with Crippen molar-refractivity contribution >= 4 is 11.0 Å². The van der Waals surface area contributed by atoms with Gasteiger partial charge in [0, 0.05) is 23.5 Å². The fourth-order valence-corrected chi connectivity index (χ4v) is 10.4. The number of aliphatic hydroxyl groups is 2. The molecule has 4 aromatic heterocycles. The minimum Gasteiger partial charge on any atom is -0.388 e. The van der Waals surface area contributed by atoms with E-state index in [9.17, 15) is 36.6 Å². The van der Waals surface area contributed by atoms with Gasteiger partial charge in [0.1, 0.15) is 0 Å².